The molecule has 1 N–H and O–H groups in total. The molecule has 202 valence electrons. The average Bonchev–Trinajstić information content (AvgIpc) is 3.17. The van der Waals surface area contributed by atoms with Gasteiger partial charge in [-0.15, -0.1) is 0 Å². The van der Waals surface area contributed by atoms with E-state index in [4.69, 9.17) is 11.6 Å². The fourth-order valence-electron chi connectivity index (χ4n) is 6.21. The molecule has 1 aromatic carbocycles. The summed E-state index contributed by atoms with van der Waals surface area (Å²) < 4.78 is 26.7. The van der Waals surface area contributed by atoms with Gasteiger partial charge in [-0.3, -0.25) is 14.6 Å². The van der Waals surface area contributed by atoms with Crippen molar-refractivity contribution in [2.75, 3.05) is 29.4 Å². The maximum absolute atomic E-state index is 13.8. The quantitative estimate of drug-likeness (QED) is 0.458. The third-order valence-corrected chi connectivity index (χ3v) is 8.43. The first-order chi connectivity index (χ1) is 18.9. The number of anilines is 2. The molecule has 2 aliphatic heterocycles. The molecule has 0 atom stereocenters. The van der Waals surface area contributed by atoms with Gasteiger partial charge in [-0.1, -0.05) is 35.9 Å². The molecule has 1 spiro atoms. The van der Waals surface area contributed by atoms with Crippen molar-refractivity contribution in [1.82, 2.24) is 15.3 Å². The molecule has 1 aliphatic carbocycles. The summed E-state index contributed by atoms with van der Waals surface area (Å²) in [4.78, 5) is 38.8. The van der Waals surface area contributed by atoms with Crippen LogP contribution in [0.25, 0.3) is 0 Å². The van der Waals surface area contributed by atoms with Gasteiger partial charge in [0.05, 0.1) is 10.6 Å². The average molecular weight is 552 g/mol. The number of carbonyl (C=O) groups is 2. The van der Waals surface area contributed by atoms with Gasteiger partial charge in [0.25, 0.3) is 12.3 Å². The van der Waals surface area contributed by atoms with Crippen molar-refractivity contribution < 1.29 is 18.4 Å². The summed E-state index contributed by atoms with van der Waals surface area (Å²) in [6, 6.07) is 14.9. The third-order valence-electron chi connectivity index (χ3n) is 8.22. The molecule has 0 radical (unpaired) electrons. The molecule has 0 unspecified atom stereocenters. The molecule has 7 nitrogen and oxygen atoms in total. The Balaban J connectivity index is 1.09. The Labute approximate surface area is 230 Å². The number of nitrogens with zero attached hydrogens (tertiary/aromatic N) is 4. The van der Waals surface area contributed by atoms with Gasteiger partial charge in [-0.25, -0.2) is 13.8 Å². The smallest absolute Gasteiger partial charge is 0.281 e. The highest BCUT2D eigenvalue weighted by Crippen LogP contribution is 2.48. The zero-order chi connectivity index (χ0) is 27.1. The number of amides is 2. The van der Waals surface area contributed by atoms with E-state index >= 15 is 0 Å². The monoisotopic (exact) mass is 551 g/mol. The number of aromatic nitrogens is 2. The highest BCUT2D eigenvalue weighted by molar-refractivity contribution is 6.30. The van der Waals surface area contributed by atoms with E-state index in [0.717, 1.165) is 36.1 Å². The number of benzene rings is 1. The zero-order valence-corrected chi connectivity index (χ0v) is 22.0. The Morgan fingerprint density at radius 2 is 1.82 bits per heavy atom. The second-order valence-electron chi connectivity index (χ2n) is 10.6. The summed E-state index contributed by atoms with van der Waals surface area (Å²) in [6.45, 7) is 1.83. The fourth-order valence-corrected chi connectivity index (χ4v) is 6.37. The molecule has 6 rings (SSSR count). The van der Waals surface area contributed by atoms with E-state index in [1.165, 1.54) is 6.07 Å². The van der Waals surface area contributed by atoms with Crippen LogP contribution in [0, 0.1) is 5.92 Å². The lowest BCUT2D eigenvalue weighted by Crippen LogP contribution is -2.64. The van der Waals surface area contributed by atoms with Gasteiger partial charge in [0.2, 0.25) is 5.91 Å². The van der Waals surface area contributed by atoms with Crippen LogP contribution in [0.15, 0.2) is 60.9 Å². The first-order valence-electron chi connectivity index (χ1n) is 13.2. The van der Waals surface area contributed by atoms with Gasteiger partial charge < -0.3 is 15.1 Å². The summed E-state index contributed by atoms with van der Waals surface area (Å²) in [7, 11) is 0. The van der Waals surface area contributed by atoms with Crippen molar-refractivity contribution >= 4 is 34.9 Å². The minimum absolute atomic E-state index is 0.135. The molecule has 10 heteroatoms. The molecule has 3 aliphatic rings. The lowest BCUT2D eigenvalue weighted by molar-refractivity contribution is -0.124. The Hall–Kier alpha value is -3.59. The Morgan fingerprint density at radius 3 is 2.54 bits per heavy atom. The Bertz CT molecular complexity index is 1390. The highest BCUT2D eigenvalue weighted by atomic mass is 35.5. The Kier molecular flexibility index (Phi) is 6.71. The zero-order valence-electron chi connectivity index (χ0n) is 21.2. The third kappa shape index (κ3) is 4.62. The molecule has 3 aromatic rings. The molecular weight excluding hydrogens is 524 g/mol. The lowest BCUT2D eigenvalue weighted by atomic mass is 9.74. The largest absolute Gasteiger partial charge is 0.354 e. The predicted octanol–water partition coefficient (Wildman–Crippen LogP) is 5.16. The second-order valence-corrected chi connectivity index (χ2v) is 11.1. The summed E-state index contributed by atoms with van der Waals surface area (Å²) in [6.07, 6.45) is 3.06. The molecule has 2 fully saturated rings. The van der Waals surface area contributed by atoms with Crippen LogP contribution in [0.5, 0.6) is 0 Å². The van der Waals surface area contributed by atoms with E-state index in [9.17, 15) is 18.4 Å². The maximum Gasteiger partial charge on any atom is 0.281 e. The van der Waals surface area contributed by atoms with Crippen molar-refractivity contribution in [2.24, 2.45) is 5.92 Å². The molecular formula is C29H28ClF2N5O2. The Morgan fingerprint density at radius 1 is 1.08 bits per heavy atom. The van der Waals surface area contributed by atoms with Crippen molar-refractivity contribution in [3.05, 3.63) is 82.8 Å². The van der Waals surface area contributed by atoms with E-state index in [1.54, 1.807) is 6.20 Å². The lowest BCUT2D eigenvalue weighted by Gasteiger charge is -2.47. The fraction of sp³-hybridized carbons (Fsp3) is 0.379. The van der Waals surface area contributed by atoms with Crippen LogP contribution in [-0.4, -0.2) is 47.5 Å². The van der Waals surface area contributed by atoms with Crippen LogP contribution in [0.3, 0.4) is 0 Å². The van der Waals surface area contributed by atoms with Gasteiger partial charge in [0.15, 0.2) is 0 Å². The van der Waals surface area contributed by atoms with Crippen LogP contribution in [-0.2, 0) is 10.2 Å². The molecule has 2 aromatic heterocycles. The number of pyridine rings is 2. The minimum Gasteiger partial charge on any atom is -0.354 e. The van der Waals surface area contributed by atoms with Crippen LogP contribution >= 0.6 is 11.6 Å². The normalized spacial score (nSPS) is 21.7. The molecule has 2 amide bonds. The second kappa shape index (κ2) is 10.2. The van der Waals surface area contributed by atoms with E-state index < -0.39 is 23.4 Å². The first kappa shape index (κ1) is 25.7. The van der Waals surface area contributed by atoms with E-state index in [0.29, 0.717) is 32.5 Å². The summed E-state index contributed by atoms with van der Waals surface area (Å²) >= 11 is 5.90. The molecule has 1 saturated carbocycles. The number of hydrogen-bond donors (Lipinski definition) is 1. The predicted molar refractivity (Wildman–Crippen MR) is 144 cm³/mol. The first-order valence-corrected chi connectivity index (χ1v) is 13.6. The van der Waals surface area contributed by atoms with Gasteiger partial charge in [0, 0.05) is 43.8 Å². The van der Waals surface area contributed by atoms with Crippen molar-refractivity contribution in [2.45, 2.75) is 43.6 Å². The number of carbonyl (C=O) groups excluding carboxylic acids is 2. The maximum atomic E-state index is 13.8. The number of nitrogens with one attached hydrogen (secondary N) is 1. The van der Waals surface area contributed by atoms with E-state index in [2.05, 4.69) is 26.3 Å². The highest BCUT2D eigenvalue weighted by Gasteiger charge is 2.58. The topological polar surface area (TPSA) is 78.4 Å². The summed E-state index contributed by atoms with van der Waals surface area (Å²) in [5, 5.41) is 3.02. The van der Waals surface area contributed by atoms with E-state index in [1.807, 2.05) is 41.3 Å². The van der Waals surface area contributed by atoms with Crippen molar-refractivity contribution in [1.29, 1.82) is 0 Å². The number of alkyl halides is 2. The van der Waals surface area contributed by atoms with E-state index in [-0.39, 0.29) is 28.5 Å². The van der Waals surface area contributed by atoms with Crippen LogP contribution in [0.2, 0.25) is 5.02 Å². The molecule has 1 saturated heterocycles. The number of fused-ring (bicyclic) bond motifs is 2. The van der Waals surface area contributed by atoms with Crippen molar-refractivity contribution in [3.63, 3.8) is 0 Å². The van der Waals surface area contributed by atoms with Crippen molar-refractivity contribution in [3.8, 4) is 0 Å². The SMILES string of the molecule is O=C(N[C@H]1CC[C@H](CN2C(=O)C3(CN(c4ccccn4)C3)c3ccccc32)CC1)c1cc(Cl)cnc1C(F)F. The van der Waals surface area contributed by atoms with Crippen LogP contribution in [0.4, 0.5) is 20.3 Å². The van der Waals surface area contributed by atoms with Gasteiger partial charge in [0.1, 0.15) is 16.9 Å². The summed E-state index contributed by atoms with van der Waals surface area (Å²) in [5.74, 6) is 0.708. The van der Waals surface area contributed by atoms with Gasteiger partial charge >= 0.3 is 0 Å². The molecule has 39 heavy (non-hydrogen) atoms. The van der Waals surface area contributed by atoms with Crippen LogP contribution in [0.1, 0.15) is 53.7 Å². The number of hydrogen-bond acceptors (Lipinski definition) is 5. The minimum atomic E-state index is -2.87. The number of halogens is 3. The van der Waals surface area contributed by atoms with Crippen LogP contribution < -0.4 is 15.1 Å². The van der Waals surface area contributed by atoms with Gasteiger partial charge in [-0.2, -0.15) is 0 Å². The molecule has 0 bridgehead atoms. The number of rotatable bonds is 6. The standard InChI is InChI=1S/C29H28ClF2N5O2/c30-19-13-21(25(26(31)32)34-14-19)27(38)35-20-10-8-18(9-11-20)15-37-23-6-2-1-5-22(23)29(28(37)39)16-36(17-29)24-7-3-4-12-33-24/h1-7,12-14,18,20,26H,8-11,15-17H2,(H,35,38)/t18-,20-. The van der Waals surface area contributed by atoms with Gasteiger partial charge in [-0.05, 0) is 61.4 Å². The number of para-hydroxylation sites is 1. The summed E-state index contributed by atoms with van der Waals surface area (Å²) in [5.41, 5.74) is 0.750. The molecule has 4 heterocycles.